The highest BCUT2D eigenvalue weighted by Crippen LogP contribution is 2.40. The van der Waals surface area contributed by atoms with E-state index < -0.39 is 0 Å². The number of hydrogen-bond donors (Lipinski definition) is 1. The molecule has 1 aliphatic carbocycles. The lowest BCUT2D eigenvalue weighted by Gasteiger charge is -2.34. The van der Waals surface area contributed by atoms with Crippen LogP contribution in [-0.4, -0.2) is 44.4 Å². The largest absolute Gasteiger partial charge is 0.443 e. The summed E-state index contributed by atoms with van der Waals surface area (Å²) in [6, 6.07) is 7.97. The van der Waals surface area contributed by atoms with Gasteiger partial charge < -0.3 is 14.6 Å². The van der Waals surface area contributed by atoms with Crippen LogP contribution in [0.1, 0.15) is 28.8 Å². The molecule has 7 nitrogen and oxygen atoms in total. The molecule has 3 atom stereocenters. The van der Waals surface area contributed by atoms with E-state index in [0.717, 1.165) is 30.8 Å². The van der Waals surface area contributed by atoms with Gasteiger partial charge in [0, 0.05) is 25.0 Å². The van der Waals surface area contributed by atoms with E-state index in [1.54, 1.807) is 24.5 Å². The summed E-state index contributed by atoms with van der Waals surface area (Å²) in [4.78, 5) is 28.3. The fourth-order valence-electron chi connectivity index (χ4n) is 4.40. The van der Waals surface area contributed by atoms with Crippen molar-refractivity contribution in [1.82, 2.24) is 19.9 Å². The molecule has 0 spiro atoms. The van der Waals surface area contributed by atoms with Gasteiger partial charge in [-0.15, -0.1) is 0 Å². The first-order valence-electron chi connectivity index (χ1n) is 9.54. The fraction of sp³-hybridized carbons (Fsp3) is 0.333. The Kier molecular flexibility index (Phi) is 4.07. The van der Waals surface area contributed by atoms with E-state index in [9.17, 15) is 4.79 Å². The molecule has 1 N–H and O–H groups in total. The zero-order valence-electron chi connectivity index (χ0n) is 15.6. The van der Waals surface area contributed by atoms with Gasteiger partial charge in [0.25, 0.3) is 5.91 Å². The summed E-state index contributed by atoms with van der Waals surface area (Å²) in [7, 11) is 0. The van der Waals surface area contributed by atoms with Crippen LogP contribution in [0.25, 0.3) is 11.6 Å². The number of aromatic nitrogens is 3. The van der Waals surface area contributed by atoms with Crippen LogP contribution in [0, 0.1) is 12.8 Å². The van der Waals surface area contributed by atoms with Crippen molar-refractivity contribution in [1.29, 1.82) is 0 Å². The van der Waals surface area contributed by atoms with E-state index in [0.29, 0.717) is 23.1 Å². The second kappa shape index (κ2) is 6.74. The summed E-state index contributed by atoms with van der Waals surface area (Å²) in [6.07, 6.45) is 8.64. The molecule has 4 heterocycles. The van der Waals surface area contributed by atoms with Crippen LogP contribution in [0.3, 0.4) is 0 Å². The third kappa shape index (κ3) is 2.93. The van der Waals surface area contributed by atoms with E-state index >= 15 is 0 Å². The standard InChI is InChI=1S/C21H21N5O2/c1-13-4-5-18(24-11-13)25-16-9-14-10-17(16)26(12-14)21(27)15-3-2-6-22-19(15)20-23-7-8-28-20/h2-8,11,14,16-17H,9-10,12H2,1H3,(H,24,25). The third-order valence-corrected chi connectivity index (χ3v) is 5.66. The van der Waals surface area contributed by atoms with Crippen LogP contribution < -0.4 is 5.32 Å². The average Bonchev–Trinajstić information content (AvgIpc) is 3.46. The molecule has 2 fully saturated rings. The van der Waals surface area contributed by atoms with Crippen molar-refractivity contribution < 1.29 is 9.21 Å². The number of nitrogens with zero attached hydrogens (tertiary/aromatic N) is 4. The summed E-state index contributed by atoms with van der Waals surface area (Å²) in [6.45, 7) is 2.80. The van der Waals surface area contributed by atoms with Crippen LogP contribution in [-0.2, 0) is 0 Å². The van der Waals surface area contributed by atoms with Crippen molar-refractivity contribution in [2.45, 2.75) is 31.8 Å². The number of rotatable bonds is 4. The van der Waals surface area contributed by atoms with Crippen molar-refractivity contribution in [2.75, 3.05) is 11.9 Å². The van der Waals surface area contributed by atoms with Gasteiger partial charge in [0.2, 0.25) is 5.89 Å². The Hall–Kier alpha value is -3.22. The first-order valence-corrected chi connectivity index (χ1v) is 9.54. The van der Waals surface area contributed by atoms with Gasteiger partial charge in [-0.3, -0.25) is 9.78 Å². The zero-order valence-corrected chi connectivity index (χ0v) is 15.6. The lowest BCUT2D eigenvalue weighted by atomic mass is 10.0. The highest BCUT2D eigenvalue weighted by Gasteiger charge is 2.47. The number of anilines is 1. The number of nitrogens with one attached hydrogen (secondary N) is 1. The number of carbonyl (C=O) groups excluding carboxylic acids is 1. The molecular weight excluding hydrogens is 354 g/mol. The fourth-order valence-corrected chi connectivity index (χ4v) is 4.40. The number of carbonyl (C=O) groups is 1. The molecule has 1 saturated carbocycles. The molecule has 3 unspecified atom stereocenters. The lowest BCUT2D eigenvalue weighted by Crippen LogP contribution is -2.47. The number of amides is 1. The van der Waals surface area contributed by atoms with Crippen molar-refractivity contribution >= 4 is 11.7 Å². The van der Waals surface area contributed by atoms with Crippen LogP contribution in [0.5, 0.6) is 0 Å². The minimum absolute atomic E-state index is 0.0165. The maximum atomic E-state index is 13.4. The van der Waals surface area contributed by atoms with Gasteiger partial charge in [0.15, 0.2) is 0 Å². The van der Waals surface area contributed by atoms with Gasteiger partial charge in [-0.2, -0.15) is 0 Å². The van der Waals surface area contributed by atoms with E-state index in [1.165, 1.54) is 6.26 Å². The van der Waals surface area contributed by atoms with Gasteiger partial charge in [0.05, 0.1) is 17.8 Å². The smallest absolute Gasteiger partial charge is 0.256 e. The van der Waals surface area contributed by atoms with E-state index in [-0.39, 0.29) is 18.0 Å². The second-order valence-electron chi connectivity index (χ2n) is 7.57. The Labute approximate surface area is 162 Å². The average molecular weight is 375 g/mol. The minimum Gasteiger partial charge on any atom is -0.443 e. The van der Waals surface area contributed by atoms with Gasteiger partial charge in [-0.1, -0.05) is 6.07 Å². The van der Waals surface area contributed by atoms with Gasteiger partial charge in [-0.05, 0) is 49.4 Å². The number of hydrogen-bond acceptors (Lipinski definition) is 6. The van der Waals surface area contributed by atoms with Crippen LogP contribution in [0.2, 0.25) is 0 Å². The summed E-state index contributed by atoms with van der Waals surface area (Å²) in [5.74, 6) is 1.72. The lowest BCUT2D eigenvalue weighted by molar-refractivity contribution is 0.0692. The number of fused-ring (bicyclic) bond motifs is 2. The molecule has 1 aliphatic heterocycles. The molecule has 7 heteroatoms. The molecule has 0 aromatic carbocycles. The zero-order chi connectivity index (χ0) is 19.1. The minimum atomic E-state index is -0.0165. The predicted molar refractivity (Wildman–Crippen MR) is 104 cm³/mol. The Balaban J connectivity index is 1.39. The maximum absolute atomic E-state index is 13.4. The molecule has 0 radical (unpaired) electrons. The van der Waals surface area contributed by atoms with Crippen molar-refractivity contribution in [3.63, 3.8) is 0 Å². The predicted octanol–water partition coefficient (Wildman–Crippen LogP) is 3.16. The molecular formula is C21H21N5O2. The van der Waals surface area contributed by atoms with Crippen LogP contribution in [0.4, 0.5) is 5.82 Å². The molecule has 2 aliphatic rings. The third-order valence-electron chi connectivity index (χ3n) is 5.66. The highest BCUT2D eigenvalue weighted by molar-refractivity contribution is 5.99. The first kappa shape index (κ1) is 16.9. The monoisotopic (exact) mass is 375 g/mol. The summed E-state index contributed by atoms with van der Waals surface area (Å²) in [5.41, 5.74) is 2.15. The molecule has 5 rings (SSSR count). The van der Waals surface area contributed by atoms with Gasteiger partial charge in [-0.25, -0.2) is 9.97 Å². The molecule has 1 saturated heterocycles. The Morgan fingerprint density at radius 1 is 1.18 bits per heavy atom. The molecule has 142 valence electrons. The van der Waals surface area contributed by atoms with Crippen LogP contribution in [0.15, 0.2) is 53.5 Å². The van der Waals surface area contributed by atoms with Gasteiger partial charge >= 0.3 is 0 Å². The molecule has 3 aromatic rings. The summed E-state index contributed by atoms with van der Waals surface area (Å²) < 4.78 is 5.38. The Morgan fingerprint density at radius 3 is 2.86 bits per heavy atom. The van der Waals surface area contributed by atoms with Crippen molar-refractivity contribution in [3.8, 4) is 11.6 Å². The second-order valence-corrected chi connectivity index (χ2v) is 7.57. The Bertz CT molecular complexity index is 986. The SMILES string of the molecule is Cc1ccc(NC2CC3CC2N(C(=O)c2cccnc2-c2ncco2)C3)nc1. The van der Waals surface area contributed by atoms with E-state index in [4.69, 9.17) is 4.42 Å². The maximum Gasteiger partial charge on any atom is 0.256 e. The highest BCUT2D eigenvalue weighted by atomic mass is 16.3. The van der Waals surface area contributed by atoms with Crippen molar-refractivity contribution in [2.24, 2.45) is 5.92 Å². The number of piperidine rings is 1. The number of aryl methyl sites for hydroxylation is 1. The molecule has 3 aromatic heterocycles. The molecule has 1 amide bonds. The molecule has 2 bridgehead atoms. The summed E-state index contributed by atoms with van der Waals surface area (Å²) in [5, 5.41) is 3.53. The Morgan fingerprint density at radius 2 is 2.11 bits per heavy atom. The van der Waals surface area contributed by atoms with Crippen LogP contribution >= 0.6 is 0 Å². The first-order chi connectivity index (χ1) is 13.7. The van der Waals surface area contributed by atoms with Gasteiger partial charge in [0.1, 0.15) is 17.8 Å². The quantitative estimate of drug-likeness (QED) is 0.754. The molecule has 28 heavy (non-hydrogen) atoms. The van der Waals surface area contributed by atoms with E-state index in [2.05, 4.69) is 20.3 Å². The number of pyridine rings is 2. The normalized spacial score (nSPS) is 23.2. The number of oxazole rings is 1. The van der Waals surface area contributed by atoms with E-state index in [1.807, 2.05) is 30.2 Å². The summed E-state index contributed by atoms with van der Waals surface area (Å²) >= 11 is 0. The topological polar surface area (TPSA) is 84.2 Å². The number of likely N-dealkylation sites (tertiary alicyclic amines) is 1. The van der Waals surface area contributed by atoms with Crippen molar-refractivity contribution in [3.05, 3.63) is 60.2 Å².